The first kappa shape index (κ1) is 15.9. The molecule has 1 aliphatic carbocycles. The van der Waals surface area contributed by atoms with Crippen LogP contribution in [0.3, 0.4) is 0 Å². The molecule has 4 heteroatoms. The summed E-state index contributed by atoms with van der Waals surface area (Å²) in [5.74, 6) is 0.819. The highest BCUT2D eigenvalue weighted by Crippen LogP contribution is 2.39. The van der Waals surface area contributed by atoms with Crippen molar-refractivity contribution in [3.63, 3.8) is 0 Å². The van der Waals surface area contributed by atoms with Gasteiger partial charge in [0, 0.05) is 23.4 Å². The molecular weight excluding hydrogens is 266 g/mol. The molecule has 20 heavy (non-hydrogen) atoms. The highest BCUT2D eigenvalue weighted by Gasteiger charge is 2.43. The Balaban J connectivity index is 2.20. The van der Waals surface area contributed by atoms with Gasteiger partial charge in [-0.1, -0.05) is 19.8 Å². The van der Waals surface area contributed by atoms with Gasteiger partial charge in [0.1, 0.15) is 0 Å². The van der Waals surface area contributed by atoms with E-state index >= 15 is 0 Å². The quantitative estimate of drug-likeness (QED) is 0.905. The Hall–Kier alpha value is -0.450. The molecule has 3 atom stereocenters. The van der Waals surface area contributed by atoms with E-state index in [2.05, 4.69) is 55.6 Å². The van der Waals surface area contributed by atoms with Crippen molar-refractivity contribution < 1.29 is 0 Å². The molecule has 1 aromatic rings. The third-order valence-electron chi connectivity index (χ3n) is 4.98. The number of nitrogens with one attached hydrogen (secondary N) is 1. The Kier molecular flexibility index (Phi) is 5.21. The van der Waals surface area contributed by atoms with Crippen LogP contribution in [0.4, 0.5) is 0 Å². The summed E-state index contributed by atoms with van der Waals surface area (Å²) >= 11 is 1.76. The van der Waals surface area contributed by atoms with Crippen LogP contribution in [0.2, 0.25) is 0 Å². The normalized spacial score (nSPS) is 28.8. The zero-order chi connectivity index (χ0) is 14.8. The van der Waals surface area contributed by atoms with Gasteiger partial charge in [0.2, 0.25) is 0 Å². The minimum absolute atomic E-state index is 0.268. The molecule has 0 aromatic carbocycles. The van der Waals surface area contributed by atoms with Crippen LogP contribution < -0.4 is 5.32 Å². The Bertz CT molecular complexity index is 429. The van der Waals surface area contributed by atoms with E-state index in [1.165, 1.54) is 36.4 Å². The van der Waals surface area contributed by atoms with Crippen LogP contribution >= 0.6 is 11.3 Å². The second kappa shape index (κ2) is 6.54. The van der Waals surface area contributed by atoms with Gasteiger partial charge in [0.25, 0.3) is 0 Å². The number of hydrogen-bond donors (Lipinski definition) is 1. The van der Waals surface area contributed by atoms with Gasteiger partial charge in [-0.15, -0.1) is 11.3 Å². The molecule has 0 radical (unpaired) electrons. The number of nitrogens with zero attached hydrogens (tertiary/aromatic N) is 2. The average Bonchev–Trinajstić information content (AvgIpc) is 2.81. The summed E-state index contributed by atoms with van der Waals surface area (Å²) in [6.07, 6.45) is 6.33. The van der Waals surface area contributed by atoms with Gasteiger partial charge in [0.15, 0.2) is 0 Å². The van der Waals surface area contributed by atoms with Crippen molar-refractivity contribution in [3.05, 3.63) is 16.1 Å². The molecule has 1 N–H and O–H groups in total. The van der Waals surface area contributed by atoms with Gasteiger partial charge >= 0.3 is 0 Å². The SMILES string of the molecule is CNC(Cc1csc(C)n1)C1(N(C)C)CCCC(C)C1. The van der Waals surface area contributed by atoms with Gasteiger partial charge in [-0.25, -0.2) is 4.98 Å². The molecule has 1 saturated carbocycles. The smallest absolute Gasteiger partial charge is 0.0897 e. The molecule has 0 bridgehead atoms. The number of aromatic nitrogens is 1. The molecule has 0 aliphatic heterocycles. The minimum Gasteiger partial charge on any atom is -0.315 e. The lowest BCUT2D eigenvalue weighted by atomic mass is 9.70. The monoisotopic (exact) mass is 295 g/mol. The molecular formula is C16H29N3S. The fourth-order valence-electron chi connectivity index (χ4n) is 3.87. The van der Waals surface area contributed by atoms with E-state index in [0.29, 0.717) is 6.04 Å². The molecule has 0 amide bonds. The number of likely N-dealkylation sites (N-methyl/N-ethyl adjacent to an activating group) is 2. The molecule has 0 saturated heterocycles. The third kappa shape index (κ3) is 3.23. The minimum atomic E-state index is 0.268. The van der Waals surface area contributed by atoms with Crippen LogP contribution in [-0.4, -0.2) is 42.6 Å². The molecule has 1 aromatic heterocycles. The highest BCUT2D eigenvalue weighted by atomic mass is 32.1. The second-order valence-corrected chi connectivity index (χ2v) is 7.67. The lowest BCUT2D eigenvalue weighted by Crippen LogP contribution is -2.61. The predicted octanol–water partition coefficient (Wildman–Crippen LogP) is 3.09. The van der Waals surface area contributed by atoms with Crippen molar-refractivity contribution >= 4 is 11.3 Å². The van der Waals surface area contributed by atoms with Crippen molar-refractivity contribution in [3.8, 4) is 0 Å². The topological polar surface area (TPSA) is 28.2 Å². The summed E-state index contributed by atoms with van der Waals surface area (Å²) in [6.45, 7) is 4.49. The standard InChI is InChI=1S/C16H29N3S/c1-12-7-6-8-16(10-12,19(4)5)15(17-3)9-14-11-20-13(2)18-14/h11-12,15,17H,6-10H2,1-5H3. The molecule has 1 aliphatic rings. The van der Waals surface area contributed by atoms with Crippen LogP contribution in [-0.2, 0) is 6.42 Å². The zero-order valence-electron chi connectivity index (χ0n) is 13.6. The van der Waals surface area contributed by atoms with Gasteiger partial charge in [0.05, 0.1) is 10.7 Å². The average molecular weight is 295 g/mol. The Morgan fingerprint density at radius 3 is 2.80 bits per heavy atom. The summed E-state index contributed by atoms with van der Waals surface area (Å²) in [4.78, 5) is 7.12. The molecule has 0 spiro atoms. The van der Waals surface area contributed by atoms with E-state index in [9.17, 15) is 0 Å². The first-order valence-electron chi connectivity index (χ1n) is 7.73. The van der Waals surface area contributed by atoms with E-state index in [-0.39, 0.29) is 5.54 Å². The van der Waals surface area contributed by atoms with Crippen molar-refractivity contribution in [2.75, 3.05) is 21.1 Å². The molecule has 3 nitrogen and oxygen atoms in total. The van der Waals surface area contributed by atoms with Crippen LogP contribution in [0.5, 0.6) is 0 Å². The Morgan fingerprint density at radius 1 is 1.55 bits per heavy atom. The maximum Gasteiger partial charge on any atom is 0.0897 e. The van der Waals surface area contributed by atoms with Crippen LogP contribution in [0.25, 0.3) is 0 Å². The fraction of sp³-hybridized carbons (Fsp3) is 0.812. The van der Waals surface area contributed by atoms with Crippen molar-refractivity contribution in [2.24, 2.45) is 5.92 Å². The van der Waals surface area contributed by atoms with E-state index in [1.54, 1.807) is 11.3 Å². The molecule has 2 rings (SSSR count). The van der Waals surface area contributed by atoms with Crippen LogP contribution in [0.1, 0.15) is 43.3 Å². The van der Waals surface area contributed by atoms with Crippen LogP contribution in [0, 0.1) is 12.8 Å². The molecule has 3 unspecified atom stereocenters. The van der Waals surface area contributed by atoms with Gasteiger partial charge in [-0.3, -0.25) is 0 Å². The summed E-state index contributed by atoms with van der Waals surface area (Å²) < 4.78 is 0. The van der Waals surface area contributed by atoms with E-state index < -0.39 is 0 Å². The van der Waals surface area contributed by atoms with Crippen LogP contribution in [0.15, 0.2) is 5.38 Å². The second-order valence-electron chi connectivity index (χ2n) is 6.60. The molecule has 114 valence electrons. The fourth-order valence-corrected chi connectivity index (χ4v) is 4.50. The largest absolute Gasteiger partial charge is 0.315 e. The molecule has 1 heterocycles. The van der Waals surface area contributed by atoms with Crippen molar-refractivity contribution in [2.45, 2.75) is 57.5 Å². The van der Waals surface area contributed by atoms with E-state index in [0.717, 1.165) is 12.3 Å². The highest BCUT2D eigenvalue weighted by molar-refractivity contribution is 7.09. The first-order chi connectivity index (χ1) is 9.48. The maximum absolute atomic E-state index is 4.66. The van der Waals surface area contributed by atoms with Crippen molar-refractivity contribution in [1.82, 2.24) is 15.2 Å². The number of rotatable bonds is 5. The summed E-state index contributed by atoms with van der Waals surface area (Å²) in [7, 11) is 6.60. The third-order valence-corrected chi connectivity index (χ3v) is 5.80. The van der Waals surface area contributed by atoms with Crippen molar-refractivity contribution in [1.29, 1.82) is 0 Å². The summed E-state index contributed by atoms with van der Waals surface area (Å²) in [5, 5.41) is 6.98. The Labute approximate surface area is 127 Å². The number of aryl methyl sites for hydroxylation is 1. The lowest BCUT2D eigenvalue weighted by molar-refractivity contribution is 0.0396. The van der Waals surface area contributed by atoms with E-state index in [4.69, 9.17) is 0 Å². The van der Waals surface area contributed by atoms with Gasteiger partial charge < -0.3 is 10.2 Å². The molecule has 1 fully saturated rings. The maximum atomic E-state index is 4.66. The summed E-state index contributed by atoms with van der Waals surface area (Å²) in [6, 6.07) is 0.474. The van der Waals surface area contributed by atoms with Gasteiger partial charge in [-0.2, -0.15) is 0 Å². The van der Waals surface area contributed by atoms with Gasteiger partial charge in [-0.05, 0) is 46.8 Å². The van der Waals surface area contributed by atoms with E-state index in [1.807, 2.05) is 0 Å². The first-order valence-corrected chi connectivity index (χ1v) is 8.61. The summed E-state index contributed by atoms with van der Waals surface area (Å²) in [5.41, 5.74) is 1.51. The predicted molar refractivity (Wildman–Crippen MR) is 87.5 cm³/mol. The lowest BCUT2D eigenvalue weighted by Gasteiger charge is -2.50. The zero-order valence-corrected chi connectivity index (χ0v) is 14.4. The Morgan fingerprint density at radius 2 is 2.30 bits per heavy atom. The number of hydrogen-bond acceptors (Lipinski definition) is 4. The number of thiazole rings is 1.